The molecule has 0 fully saturated rings. The summed E-state index contributed by atoms with van der Waals surface area (Å²) >= 11 is 0. The van der Waals surface area contributed by atoms with Crippen LogP contribution in [0, 0.1) is 0 Å². The van der Waals surface area contributed by atoms with Crippen LogP contribution in [-0.4, -0.2) is 47.8 Å². The smallest absolute Gasteiger partial charge is 0.345 e. The van der Waals surface area contributed by atoms with Gasteiger partial charge < -0.3 is 15.1 Å². The largest absolute Gasteiger partial charge is 0.416 e. The van der Waals surface area contributed by atoms with Crippen LogP contribution in [0.15, 0.2) is 24.4 Å². The van der Waals surface area contributed by atoms with E-state index in [1.54, 1.807) is 0 Å². The van der Waals surface area contributed by atoms with E-state index in [0.29, 0.717) is 43.3 Å². The third kappa shape index (κ3) is 7.17. The zero-order valence-electron chi connectivity index (χ0n) is 15.5. The number of nitrogens with zero attached hydrogens (tertiary/aromatic N) is 2. The minimum atomic E-state index is -4.88. The van der Waals surface area contributed by atoms with Crippen molar-refractivity contribution in [3.8, 4) is 0 Å². The Morgan fingerprint density at radius 1 is 1.10 bits per heavy atom. The maximum atomic E-state index is 13.0. The molecular formula is C18H20F6N4O. The maximum Gasteiger partial charge on any atom is 0.416 e. The second-order valence-electron chi connectivity index (χ2n) is 6.55. The van der Waals surface area contributed by atoms with Gasteiger partial charge in [0, 0.05) is 31.4 Å². The van der Waals surface area contributed by atoms with E-state index < -0.39 is 23.5 Å². The molecule has 0 atom stereocenters. The van der Waals surface area contributed by atoms with Crippen LogP contribution in [0.2, 0.25) is 0 Å². The molecule has 1 aromatic heterocycles. The average molecular weight is 422 g/mol. The molecular weight excluding hydrogens is 402 g/mol. The highest BCUT2D eigenvalue weighted by molar-refractivity contribution is 5.51. The highest BCUT2D eigenvalue weighted by Crippen LogP contribution is 2.36. The molecule has 1 aromatic carbocycles. The molecule has 0 amide bonds. The van der Waals surface area contributed by atoms with E-state index in [2.05, 4.69) is 15.3 Å². The quantitative estimate of drug-likeness (QED) is 0.370. The maximum absolute atomic E-state index is 13.0. The number of imidazole rings is 1. The number of benzene rings is 1. The Hall–Kier alpha value is -2.40. The number of hydrogen-bond acceptors (Lipinski definition) is 4. The van der Waals surface area contributed by atoms with Crippen molar-refractivity contribution in [2.24, 2.45) is 0 Å². The fourth-order valence-corrected chi connectivity index (χ4v) is 2.68. The van der Waals surface area contributed by atoms with Crippen LogP contribution in [0.1, 0.15) is 28.2 Å². The lowest BCUT2D eigenvalue weighted by Crippen LogP contribution is -2.30. The van der Waals surface area contributed by atoms with E-state index in [9.17, 15) is 31.1 Å². The standard InChI is InChI=1S/C18H20F6N4O/c1-28(4-2-25-3-5-29)11-16-26-10-15(27-16)8-12-6-13(17(19,20)21)9-14(7-12)18(22,23)24/h5-7,9-10,25H,2-4,8,11H2,1H3,(H,26,27). The molecule has 2 aromatic rings. The number of H-pyrrole nitrogens is 1. The van der Waals surface area contributed by atoms with Crippen LogP contribution >= 0.6 is 0 Å². The zero-order chi connectivity index (χ0) is 21.7. The van der Waals surface area contributed by atoms with Gasteiger partial charge in [-0.25, -0.2) is 4.98 Å². The van der Waals surface area contributed by atoms with Gasteiger partial charge >= 0.3 is 12.4 Å². The van der Waals surface area contributed by atoms with Crippen molar-refractivity contribution in [2.45, 2.75) is 25.3 Å². The molecule has 0 unspecified atom stereocenters. The number of aromatic amines is 1. The van der Waals surface area contributed by atoms with Gasteiger partial charge in [-0.3, -0.25) is 4.90 Å². The van der Waals surface area contributed by atoms with Gasteiger partial charge in [0.1, 0.15) is 12.1 Å². The molecule has 0 radical (unpaired) electrons. The van der Waals surface area contributed by atoms with Crippen molar-refractivity contribution < 1.29 is 31.1 Å². The van der Waals surface area contributed by atoms with Crippen LogP contribution < -0.4 is 5.32 Å². The van der Waals surface area contributed by atoms with E-state index in [4.69, 9.17) is 0 Å². The number of nitrogens with one attached hydrogen (secondary N) is 2. The van der Waals surface area contributed by atoms with E-state index in [1.807, 2.05) is 11.9 Å². The predicted octanol–water partition coefficient (Wildman–Crippen LogP) is 3.26. The Labute approximate surface area is 163 Å². The summed E-state index contributed by atoms with van der Waals surface area (Å²) in [5.74, 6) is 0.529. The van der Waals surface area contributed by atoms with Crippen LogP contribution in [0.3, 0.4) is 0 Å². The number of aldehydes is 1. The molecule has 2 rings (SSSR count). The topological polar surface area (TPSA) is 61.0 Å². The lowest BCUT2D eigenvalue weighted by atomic mass is 10.0. The van der Waals surface area contributed by atoms with Gasteiger partial charge in [0.15, 0.2) is 0 Å². The van der Waals surface area contributed by atoms with E-state index >= 15 is 0 Å². The number of alkyl halides is 6. The van der Waals surface area contributed by atoms with Gasteiger partial charge in [-0.05, 0) is 30.8 Å². The molecule has 0 bridgehead atoms. The second-order valence-corrected chi connectivity index (χ2v) is 6.55. The average Bonchev–Trinajstić information content (AvgIpc) is 3.03. The number of likely N-dealkylation sites (N-methyl/N-ethyl adjacent to an activating group) is 1. The van der Waals surface area contributed by atoms with Crippen LogP contribution in [0.5, 0.6) is 0 Å². The first-order valence-corrected chi connectivity index (χ1v) is 8.63. The van der Waals surface area contributed by atoms with Crippen molar-refractivity contribution in [3.63, 3.8) is 0 Å². The summed E-state index contributed by atoms with van der Waals surface area (Å²) in [5.41, 5.74) is -2.40. The van der Waals surface area contributed by atoms with Crippen molar-refractivity contribution in [1.82, 2.24) is 20.2 Å². The highest BCUT2D eigenvalue weighted by atomic mass is 19.4. The number of carbonyl (C=O) groups is 1. The zero-order valence-corrected chi connectivity index (χ0v) is 15.5. The van der Waals surface area contributed by atoms with Gasteiger partial charge in [-0.15, -0.1) is 0 Å². The van der Waals surface area contributed by atoms with Gasteiger partial charge in [-0.2, -0.15) is 26.3 Å². The third-order valence-corrected chi connectivity index (χ3v) is 4.04. The Morgan fingerprint density at radius 2 is 1.72 bits per heavy atom. The first-order chi connectivity index (χ1) is 13.5. The highest BCUT2D eigenvalue weighted by Gasteiger charge is 2.36. The molecule has 2 N–H and O–H groups in total. The molecule has 0 aliphatic carbocycles. The minimum Gasteiger partial charge on any atom is -0.345 e. The summed E-state index contributed by atoms with van der Waals surface area (Å²) in [6.45, 7) is 1.84. The minimum absolute atomic E-state index is 0.107. The normalized spacial score (nSPS) is 12.6. The number of rotatable bonds is 9. The summed E-state index contributed by atoms with van der Waals surface area (Å²) in [7, 11) is 1.81. The summed E-state index contributed by atoms with van der Waals surface area (Å²) < 4.78 is 77.7. The predicted molar refractivity (Wildman–Crippen MR) is 93.1 cm³/mol. The van der Waals surface area contributed by atoms with Crippen LogP contribution in [0.4, 0.5) is 26.3 Å². The molecule has 11 heteroatoms. The van der Waals surface area contributed by atoms with Crippen molar-refractivity contribution in [2.75, 3.05) is 26.7 Å². The first-order valence-electron chi connectivity index (χ1n) is 8.63. The number of aromatic nitrogens is 2. The summed E-state index contributed by atoms with van der Waals surface area (Å²) in [6, 6.07) is 1.52. The molecule has 1 heterocycles. The fourth-order valence-electron chi connectivity index (χ4n) is 2.68. The molecule has 0 aliphatic heterocycles. The summed E-state index contributed by atoms with van der Waals surface area (Å²) in [4.78, 5) is 19.2. The Kier molecular flexibility index (Phi) is 7.42. The number of halogens is 6. The number of hydrogen-bond donors (Lipinski definition) is 2. The van der Waals surface area contributed by atoms with Gasteiger partial charge in [0.25, 0.3) is 0 Å². The van der Waals surface area contributed by atoms with Gasteiger partial charge in [0.05, 0.1) is 24.2 Å². The molecule has 5 nitrogen and oxygen atoms in total. The van der Waals surface area contributed by atoms with Crippen molar-refractivity contribution >= 4 is 6.29 Å². The van der Waals surface area contributed by atoms with Gasteiger partial charge in [-0.1, -0.05) is 0 Å². The van der Waals surface area contributed by atoms with Gasteiger partial charge in [0.2, 0.25) is 0 Å². The molecule has 0 saturated carbocycles. The fraction of sp³-hybridized carbons (Fsp3) is 0.444. The van der Waals surface area contributed by atoms with Crippen molar-refractivity contribution in [3.05, 3.63) is 52.6 Å². The molecule has 0 saturated heterocycles. The SMILES string of the molecule is CN(CCNCC=O)Cc1ncc(Cc2cc(C(F)(F)F)cc(C(F)(F)F)c2)[nH]1. The van der Waals surface area contributed by atoms with E-state index in [0.717, 1.165) is 6.29 Å². The van der Waals surface area contributed by atoms with Crippen LogP contribution in [0.25, 0.3) is 0 Å². The van der Waals surface area contributed by atoms with Crippen molar-refractivity contribution in [1.29, 1.82) is 0 Å². The molecule has 0 aliphatic rings. The molecule has 160 valence electrons. The Bertz CT molecular complexity index is 783. The first kappa shape index (κ1) is 22.9. The van der Waals surface area contributed by atoms with E-state index in [-0.39, 0.29) is 24.6 Å². The molecule has 29 heavy (non-hydrogen) atoms. The van der Waals surface area contributed by atoms with E-state index in [1.165, 1.54) is 6.20 Å². The summed E-state index contributed by atoms with van der Waals surface area (Å²) in [6.07, 6.45) is -7.77. The van der Waals surface area contributed by atoms with Crippen LogP contribution in [-0.2, 0) is 30.1 Å². The lowest BCUT2D eigenvalue weighted by Gasteiger charge is -2.15. The monoisotopic (exact) mass is 422 g/mol. The third-order valence-electron chi connectivity index (χ3n) is 4.04. The number of carbonyl (C=O) groups excluding carboxylic acids is 1. The lowest BCUT2D eigenvalue weighted by molar-refractivity contribution is -0.143. The molecule has 0 spiro atoms. The Morgan fingerprint density at radius 3 is 2.28 bits per heavy atom. The Balaban J connectivity index is 2.09. The second kappa shape index (κ2) is 9.40. The summed E-state index contributed by atoms with van der Waals surface area (Å²) in [5, 5.41) is 2.90.